The Labute approximate surface area is 127 Å². The number of fused-ring (bicyclic) bond motifs is 1. The van der Waals surface area contributed by atoms with Crippen LogP contribution < -0.4 is 5.73 Å². The quantitative estimate of drug-likeness (QED) is 0.933. The molecule has 1 heterocycles. The summed E-state index contributed by atoms with van der Waals surface area (Å²) >= 11 is 0. The smallest absolute Gasteiger partial charge is 0.0721 e. The zero-order valence-corrected chi connectivity index (χ0v) is 13.5. The highest BCUT2D eigenvalue weighted by Gasteiger charge is 2.39. The molecule has 3 nitrogen and oxygen atoms in total. The van der Waals surface area contributed by atoms with E-state index in [4.69, 9.17) is 10.8 Å². The van der Waals surface area contributed by atoms with Crippen molar-refractivity contribution in [3.8, 4) is 0 Å². The van der Waals surface area contributed by atoms with Crippen molar-refractivity contribution in [2.24, 2.45) is 17.6 Å². The first-order valence-electron chi connectivity index (χ1n) is 8.28. The zero-order valence-electron chi connectivity index (χ0n) is 13.5. The molecule has 3 atom stereocenters. The van der Waals surface area contributed by atoms with Crippen LogP contribution in [0.4, 0.5) is 0 Å². The van der Waals surface area contributed by atoms with E-state index < -0.39 is 0 Å². The molecule has 1 aromatic heterocycles. The van der Waals surface area contributed by atoms with Gasteiger partial charge in [-0.3, -0.25) is 4.68 Å². The maximum absolute atomic E-state index is 6.82. The van der Waals surface area contributed by atoms with Crippen molar-refractivity contribution >= 4 is 10.9 Å². The fraction of sp³-hybridized carbons (Fsp3) is 0.611. The first kappa shape index (κ1) is 14.6. The molecule has 1 fully saturated rings. The zero-order chi connectivity index (χ0) is 15.0. The van der Waals surface area contributed by atoms with Crippen molar-refractivity contribution in [1.29, 1.82) is 0 Å². The molecule has 0 radical (unpaired) electrons. The molecule has 0 saturated heterocycles. The molecular weight excluding hydrogens is 258 g/mol. The fourth-order valence-electron chi connectivity index (χ4n) is 3.93. The molecule has 0 amide bonds. The molecule has 21 heavy (non-hydrogen) atoms. The molecule has 0 spiro atoms. The lowest BCUT2D eigenvalue weighted by atomic mass is 9.67. The highest BCUT2D eigenvalue weighted by molar-refractivity contribution is 5.82. The lowest BCUT2D eigenvalue weighted by molar-refractivity contribution is 0.142. The van der Waals surface area contributed by atoms with Gasteiger partial charge in [-0.15, -0.1) is 0 Å². The third kappa shape index (κ3) is 2.48. The molecular formula is C18H27N3. The third-order valence-corrected chi connectivity index (χ3v) is 5.59. The van der Waals surface area contributed by atoms with Crippen LogP contribution in [0.1, 0.15) is 45.7 Å². The van der Waals surface area contributed by atoms with Gasteiger partial charge < -0.3 is 5.73 Å². The van der Waals surface area contributed by atoms with Gasteiger partial charge in [-0.2, -0.15) is 5.10 Å². The Morgan fingerprint density at radius 3 is 2.86 bits per heavy atom. The molecule has 2 aromatic rings. The second-order valence-electron chi connectivity index (χ2n) is 6.85. The van der Waals surface area contributed by atoms with E-state index in [2.05, 4.69) is 49.7 Å². The van der Waals surface area contributed by atoms with Crippen LogP contribution in [0.2, 0.25) is 0 Å². The first-order chi connectivity index (χ1) is 10.0. The van der Waals surface area contributed by atoms with Crippen LogP contribution >= 0.6 is 0 Å². The minimum Gasteiger partial charge on any atom is -0.324 e. The van der Waals surface area contributed by atoms with Gasteiger partial charge in [-0.05, 0) is 31.2 Å². The van der Waals surface area contributed by atoms with E-state index in [0.29, 0.717) is 11.8 Å². The Morgan fingerprint density at radius 1 is 1.33 bits per heavy atom. The van der Waals surface area contributed by atoms with E-state index in [0.717, 1.165) is 19.4 Å². The van der Waals surface area contributed by atoms with Crippen LogP contribution in [0.25, 0.3) is 10.9 Å². The number of hydrogen-bond donors (Lipinski definition) is 1. The number of nitrogens with two attached hydrogens (primary N) is 1. The second kappa shape index (κ2) is 5.45. The fourth-order valence-corrected chi connectivity index (χ4v) is 3.93. The molecule has 3 unspecified atom stereocenters. The SMILES string of the molecule is CCn1nc(CC2(N)CCCC(C)C2C)c2ccccc21. The predicted molar refractivity (Wildman–Crippen MR) is 88.2 cm³/mol. The Balaban J connectivity index is 1.98. The van der Waals surface area contributed by atoms with Gasteiger partial charge >= 0.3 is 0 Å². The topological polar surface area (TPSA) is 43.8 Å². The molecule has 1 aliphatic carbocycles. The summed E-state index contributed by atoms with van der Waals surface area (Å²) in [4.78, 5) is 0. The summed E-state index contributed by atoms with van der Waals surface area (Å²) in [5, 5.41) is 6.12. The van der Waals surface area contributed by atoms with Gasteiger partial charge in [0.25, 0.3) is 0 Å². The summed E-state index contributed by atoms with van der Waals surface area (Å²) in [6, 6.07) is 8.53. The lowest BCUT2D eigenvalue weighted by Gasteiger charge is -2.43. The summed E-state index contributed by atoms with van der Waals surface area (Å²) in [6.07, 6.45) is 4.57. The average molecular weight is 285 g/mol. The van der Waals surface area contributed by atoms with Gasteiger partial charge in [-0.25, -0.2) is 0 Å². The van der Waals surface area contributed by atoms with Crippen molar-refractivity contribution in [2.75, 3.05) is 0 Å². The molecule has 1 saturated carbocycles. The van der Waals surface area contributed by atoms with E-state index in [1.165, 1.54) is 29.4 Å². The average Bonchev–Trinajstić information content (AvgIpc) is 2.83. The van der Waals surface area contributed by atoms with Crippen molar-refractivity contribution in [1.82, 2.24) is 9.78 Å². The minimum atomic E-state index is -0.104. The molecule has 3 heteroatoms. The number of nitrogens with zero attached hydrogens (tertiary/aromatic N) is 2. The van der Waals surface area contributed by atoms with Gasteiger partial charge in [0.05, 0.1) is 11.2 Å². The minimum absolute atomic E-state index is 0.104. The molecule has 1 aromatic carbocycles. The van der Waals surface area contributed by atoms with Gasteiger partial charge in [0.15, 0.2) is 0 Å². The summed E-state index contributed by atoms with van der Waals surface area (Å²) < 4.78 is 2.10. The molecule has 0 aliphatic heterocycles. The molecule has 0 bridgehead atoms. The number of para-hydroxylation sites is 1. The maximum Gasteiger partial charge on any atom is 0.0721 e. The van der Waals surface area contributed by atoms with Crippen LogP contribution in [0.5, 0.6) is 0 Å². The van der Waals surface area contributed by atoms with Crippen LogP contribution in [-0.2, 0) is 13.0 Å². The van der Waals surface area contributed by atoms with Gasteiger partial charge in [0.1, 0.15) is 0 Å². The van der Waals surface area contributed by atoms with Gasteiger partial charge in [0.2, 0.25) is 0 Å². The first-order valence-corrected chi connectivity index (χ1v) is 8.28. The molecule has 1 aliphatic rings. The predicted octanol–water partition coefficient (Wildman–Crippen LogP) is 3.75. The van der Waals surface area contributed by atoms with Crippen molar-refractivity contribution in [3.63, 3.8) is 0 Å². The summed E-state index contributed by atoms with van der Waals surface area (Å²) in [5.74, 6) is 1.26. The third-order valence-electron chi connectivity index (χ3n) is 5.59. The standard InChI is InChI=1S/C18H27N3/c1-4-21-17-10-6-5-9-15(17)16(20-21)12-18(19)11-7-8-13(2)14(18)3/h5-6,9-10,13-14H,4,7-8,11-12,19H2,1-3H3. The van der Waals surface area contributed by atoms with Crippen molar-refractivity contribution in [3.05, 3.63) is 30.0 Å². The van der Waals surface area contributed by atoms with Crippen LogP contribution in [0, 0.1) is 11.8 Å². The van der Waals surface area contributed by atoms with E-state index in [1.54, 1.807) is 0 Å². The van der Waals surface area contributed by atoms with Gasteiger partial charge in [-0.1, -0.05) is 44.9 Å². The van der Waals surface area contributed by atoms with Crippen LogP contribution in [0.3, 0.4) is 0 Å². The molecule has 2 N–H and O–H groups in total. The Kier molecular flexibility index (Phi) is 3.78. The Morgan fingerprint density at radius 2 is 2.10 bits per heavy atom. The Bertz CT molecular complexity index is 630. The van der Waals surface area contributed by atoms with Crippen molar-refractivity contribution in [2.45, 2.75) is 58.5 Å². The normalized spacial score (nSPS) is 29.9. The van der Waals surface area contributed by atoms with Gasteiger partial charge in [0, 0.05) is 23.9 Å². The summed E-state index contributed by atoms with van der Waals surface area (Å²) in [5.41, 5.74) is 9.12. The monoisotopic (exact) mass is 285 g/mol. The molecule has 114 valence electrons. The van der Waals surface area contributed by atoms with Crippen LogP contribution in [0.15, 0.2) is 24.3 Å². The summed E-state index contributed by atoms with van der Waals surface area (Å²) in [7, 11) is 0. The number of hydrogen-bond acceptors (Lipinski definition) is 2. The maximum atomic E-state index is 6.82. The molecule has 3 rings (SSSR count). The largest absolute Gasteiger partial charge is 0.324 e. The lowest BCUT2D eigenvalue weighted by Crippen LogP contribution is -2.52. The highest BCUT2D eigenvalue weighted by Crippen LogP contribution is 2.38. The number of rotatable bonds is 3. The number of aromatic nitrogens is 2. The highest BCUT2D eigenvalue weighted by atomic mass is 15.3. The Hall–Kier alpha value is -1.35. The second-order valence-corrected chi connectivity index (χ2v) is 6.85. The van der Waals surface area contributed by atoms with Crippen LogP contribution in [-0.4, -0.2) is 15.3 Å². The number of benzene rings is 1. The van der Waals surface area contributed by atoms with Crippen molar-refractivity contribution < 1.29 is 0 Å². The van der Waals surface area contributed by atoms with E-state index in [9.17, 15) is 0 Å². The van der Waals surface area contributed by atoms with E-state index in [1.807, 2.05) is 0 Å². The van der Waals surface area contributed by atoms with E-state index >= 15 is 0 Å². The summed E-state index contributed by atoms with van der Waals surface area (Å²) in [6.45, 7) is 7.72. The number of aryl methyl sites for hydroxylation is 1. The van der Waals surface area contributed by atoms with E-state index in [-0.39, 0.29) is 5.54 Å².